The van der Waals surface area contributed by atoms with Crippen molar-refractivity contribution in [2.45, 2.75) is 39.3 Å². The second-order valence-electron chi connectivity index (χ2n) is 5.95. The maximum Gasteiger partial charge on any atom is 0.400 e. The molecule has 0 spiro atoms. The highest BCUT2D eigenvalue weighted by Crippen LogP contribution is 2.49. The van der Waals surface area contributed by atoms with E-state index in [4.69, 9.17) is 4.18 Å². The summed E-state index contributed by atoms with van der Waals surface area (Å²) in [7, 11) is -4.24. The zero-order chi connectivity index (χ0) is 21.2. The first-order chi connectivity index (χ1) is 13.0. The van der Waals surface area contributed by atoms with Crippen LogP contribution in [0.15, 0.2) is 20.6 Å². The molecule has 2 N–H and O–H groups in total. The van der Waals surface area contributed by atoms with Crippen LogP contribution in [0.4, 0.5) is 0 Å². The van der Waals surface area contributed by atoms with Crippen molar-refractivity contribution in [3.05, 3.63) is 20.6 Å². The molecule has 2 aliphatic heterocycles. The number of fused-ring (bicyclic) bond motifs is 1. The van der Waals surface area contributed by atoms with Crippen molar-refractivity contribution < 1.29 is 36.3 Å². The largest absolute Gasteiger partial charge is 0.477 e. The standard InChI is InChI=1S/C15H19BrN2O8S2/c1-4-25-28(23,24)26-7(2)12-9-5-10(27-11(16)6-17-8(3)19)13(15(21)22)18(9)14(12)20/h6-7,9,12H,4-5H2,1-3H3,(H,17,19)(H,21,22)/b11-6+/t7-,9+,12-/m0/s1. The van der Waals surface area contributed by atoms with Crippen LogP contribution in [0.2, 0.25) is 0 Å². The highest BCUT2D eigenvalue weighted by atomic mass is 79.9. The molecule has 156 valence electrons. The van der Waals surface area contributed by atoms with Gasteiger partial charge in [0.15, 0.2) is 0 Å². The second-order valence-corrected chi connectivity index (χ2v) is 9.71. The number of amides is 2. The minimum absolute atomic E-state index is 0.108. The zero-order valence-electron chi connectivity index (χ0n) is 15.2. The number of aliphatic carboxylic acids is 1. The Morgan fingerprint density at radius 3 is 2.68 bits per heavy atom. The number of nitrogens with one attached hydrogen (secondary N) is 1. The van der Waals surface area contributed by atoms with Gasteiger partial charge in [0, 0.05) is 24.4 Å². The molecule has 28 heavy (non-hydrogen) atoms. The fourth-order valence-corrected chi connectivity index (χ4v) is 5.46. The molecule has 0 unspecified atom stereocenters. The topological polar surface area (TPSA) is 139 Å². The van der Waals surface area contributed by atoms with Gasteiger partial charge in [-0.2, -0.15) is 8.42 Å². The van der Waals surface area contributed by atoms with E-state index in [2.05, 4.69) is 25.4 Å². The highest BCUT2D eigenvalue weighted by Gasteiger charge is 2.58. The number of hydrogen-bond donors (Lipinski definition) is 2. The molecule has 0 bridgehead atoms. The molecule has 2 amide bonds. The predicted octanol–water partition coefficient (Wildman–Crippen LogP) is 1.26. The molecule has 0 aromatic heterocycles. The van der Waals surface area contributed by atoms with Gasteiger partial charge in [0.2, 0.25) is 11.8 Å². The van der Waals surface area contributed by atoms with Crippen LogP contribution in [0.25, 0.3) is 0 Å². The highest BCUT2D eigenvalue weighted by molar-refractivity contribution is 9.14. The number of carbonyl (C=O) groups excluding carboxylic acids is 2. The first-order valence-electron chi connectivity index (χ1n) is 8.16. The van der Waals surface area contributed by atoms with Crippen LogP contribution in [0.5, 0.6) is 0 Å². The second kappa shape index (κ2) is 8.95. The van der Waals surface area contributed by atoms with Crippen molar-refractivity contribution in [1.29, 1.82) is 0 Å². The quantitative estimate of drug-likeness (QED) is 0.449. The monoisotopic (exact) mass is 498 g/mol. The lowest BCUT2D eigenvalue weighted by molar-refractivity contribution is -0.160. The molecule has 0 saturated carbocycles. The Bertz CT molecular complexity index is 854. The molecule has 3 atom stereocenters. The molecule has 2 heterocycles. The van der Waals surface area contributed by atoms with Gasteiger partial charge < -0.3 is 15.3 Å². The van der Waals surface area contributed by atoms with Crippen molar-refractivity contribution >= 4 is 55.9 Å². The number of carbonyl (C=O) groups is 3. The Balaban J connectivity index is 2.17. The van der Waals surface area contributed by atoms with Gasteiger partial charge in [-0.3, -0.25) is 9.59 Å². The summed E-state index contributed by atoms with van der Waals surface area (Å²) >= 11 is 4.28. The van der Waals surface area contributed by atoms with E-state index in [0.29, 0.717) is 8.72 Å². The molecule has 0 aromatic rings. The summed E-state index contributed by atoms with van der Waals surface area (Å²) in [5.41, 5.74) is -0.163. The van der Waals surface area contributed by atoms with Crippen LogP contribution in [-0.2, 0) is 33.1 Å². The third-order valence-electron chi connectivity index (χ3n) is 4.02. The normalized spacial score (nSPS) is 23.4. The number of carboxylic acids is 1. The number of carboxylic acid groups (broad SMARTS) is 1. The fourth-order valence-electron chi connectivity index (χ4n) is 3.03. The van der Waals surface area contributed by atoms with Gasteiger partial charge in [-0.25, -0.2) is 13.2 Å². The Morgan fingerprint density at radius 1 is 1.50 bits per heavy atom. The molecule has 0 aromatic carbocycles. The molecule has 1 fully saturated rings. The smallest absolute Gasteiger partial charge is 0.400 e. The average Bonchev–Trinajstić information content (AvgIpc) is 2.86. The third-order valence-corrected chi connectivity index (χ3v) is 6.72. The molecular formula is C15H19BrN2O8S2. The fraction of sp³-hybridized carbons (Fsp3) is 0.533. The first-order valence-corrected chi connectivity index (χ1v) is 11.1. The Morgan fingerprint density at radius 2 is 2.14 bits per heavy atom. The number of nitrogens with zero attached hydrogens (tertiary/aromatic N) is 1. The SMILES string of the molecule is CCOS(=O)(=O)O[C@@H](C)[C@@H]1C(=O)N2C(C(=O)O)=C(S/C(Br)=C/NC(C)=O)C[C@H]12. The van der Waals surface area contributed by atoms with E-state index in [9.17, 15) is 27.9 Å². The van der Waals surface area contributed by atoms with E-state index in [0.717, 1.165) is 16.7 Å². The van der Waals surface area contributed by atoms with Gasteiger partial charge in [0.1, 0.15) is 5.70 Å². The van der Waals surface area contributed by atoms with E-state index in [1.165, 1.54) is 27.0 Å². The molecule has 0 radical (unpaired) electrons. The van der Waals surface area contributed by atoms with Crippen molar-refractivity contribution in [3.63, 3.8) is 0 Å². The summed E-state index contributed by atoms with van der Waals surface area (Å²) in [5.74, 6) is -2.91. The van der Waals surface area contributed by atoms with Gasteiger partial charge in [0.25, 0.3) is 0 Å². The molecule has 2 rings (SSSR count). The van der Waals surface area contributed by atoms with Crippen molar-refractivity contribution in [3.8, 4) is 0 Å². The maximum absolute atomic E-state index is 12.5. The van der Waals surface area contributed by atoms with Gasteiger partial charge in [-0.15, -0.1) is 0 Å². The predicted molar refractivity (Wildman–Crippen MR) is 103 cm³/mol. The number of β-lactam (4-membered cyclic amide) rings is 1. The summed E-state index contributed by atoms with van der Waals surface area (Å²) in [6.45, 7) is 4.13. The van der Waals surface area contributed by atoms with E-state index in [-0.39, 0.29) is 24.6 Å². The van der Waals surface area contributed by atoms with E-state index in [1.54, 1.807) is 0 Å². The minimum atomic E-state index is -4.24. The van der Waals surface area contributed by atoms with E-state index in [1.807, 2.05) is 0 Å². The van der Waals surface area contributed by atoms with Gasteiger partial charge in [-0.05, 0) is 29.8 Å². The van der Waals surface area contributed by atoms with Crippen molar-refractivity contribution in [1.82, 2.24) is 10.2 Å². The molecular weight excluding hydrogens is 480 g/mol. The van der Waals surface area contributed by atoms with Gasteiger partial charge in [-0.1, -0.05) is 11.8 Å². The van der Waals surface area contributed by atoms with E-state index < -0.39 is 40.3 Å². The molecule has 0 aliphatic carbocycles. The van der Waals surface area contributed by atoms with Crippen molar-refractivity contribution in [2.24, 2.45) is 5.92 Å². The summed E-state index contributed by atoms with van der Waals surface area (Å²) in [5, 5.41) is 12.0. The number of rotatable bonds is 9. The van der Waals surface area contributed by atoms with Crippen LogP contribution in [0.1, 0.15) is 27.2 Å². The van der Waals surface area contributed by atoms with Gasteiger partial charge in [0.05, 0.1) is 28.5 Å². The number of halogens is 1. The Hall–Kier alpha value is -1.41. The van der Waals surface area contributed by atoms with E-state index >= 15 is 0 Å². The lowest BCUT2D eigenvalue weighted by Gasteiger charge is -2.45. The maximum atomic E-state index is 12.5. The molecule has 13 heteroatoms. The van der Waals surface area contributed by atoms with Gasteiger partial charge >= 0.3 is 16.4 Å². The first kappa shape index (κ1) is 22.9. The van der Waals surface area contributed by atoms with Crippen LogP contribution in [0, 0.1) is 5.92 Å². The van der Waals surface area contributed by atoms with Crippen molar-refractivity contribution in [2.75, 3.05) is 6.61 Å². The minimum Gasteiger partial charge on any atom is -0.477 e. The average molecular weight is 499 g/mol. The molecule has 1 saturated heterocycles. The molecule has 2 aliphatic rings. The Kier molecular flexibility index (Phi) is 7.31. The third kappa shape index (κ3) is 4.95. The van der Waals surface area contributed by atoms with Crippen LogP contribution in [0.3, 0.4) is 0 Å². The van der Waals surface area contributed by atoms with Crippen LogP contribution in [-0.4, -0.2) is 55.0 Å². The summed E-state index contributed by atoms with van der Waals surface area (Å²) in [6.07, 6.45) is 0.575. The number of thioether (sulfide) groups is 1. The summed E-state index contributed by atoms with van der Waals surface area (Å²) in [6, 6.07) is -0.533. The molecule has 10 nitrogen and oxygen atoms in total. The van der Waals surface area contributed by atoms with Crippen LogP contribution < -0.4 is 5.32 Å². The number of hydrogen-bond acceptors (Lipinski definition) is 8. The summed E-state index contributed by atoms with van der Waals surface area (Å²) < 4.78 is 33.2. The lowest BCUT2D eigenvalue weighted by Crippen LogP contribution is -2.62. The Labute approximate surface area is 174 Å². The lowest BCUT2D eigenvalue weighted by atomic mass is 9.83. The zero-order valence-corrected chi connectivity index (χ0v) is 18.4. The summed E-state index contributed by atoms with van der Waals surface area (Å²) in [4.78, 5) is 36.7. The van der Waals surface area contributed by atoms with Crippen LogP contribution >= 0.6 is 27.7 Å².